The van der Waals surface area contributed by atoms with Gasteiger partial charge in [0.25, 0.3) is 0 Å². The Morgan fingerprint density at radius 1 is 1.47 bits per heavy atom. The van der Waals surface area contributed by atoms with Gasteiger partial charge in [-0.05, 0) is 5.56 Å². The van der Waals surface area contributed by atoms with Gasteiger partial charge in [0.15, 0.2) is 0 Å². The molecule has 0 aliphatic carbocycles. The molecule has 3 atom stereocenters. The normalized spacial score (nSPS) is 28.1. The zero-order valence-corrected chi connectivity index (χ0v) is 11.1. The summed E-state index contributed by atoms with van der Waals surface area (Å²) in [5, 5.41) is 22.9. The summed E-state index contributed by atoms with van der Waals surface area (Å²) in [7, 11) is 0. The third-order valence-electron chi connectivity index (χ3n) is 3.53. The van der Waals surface area contributed by atoms with E-state index in [0.717, 1.165) is 5.56 Å². The van der Waals surface area contributed by atoms with Crippen LogP contribution in [0.1, 0.15) is 24.9 Å². The van der Waals surface area contributed by atoms with E-state index in [0.29, 0.717) is 26.1 Å². The molecule has 1 unspecified atom stereocenters. The lowest BCUT2D eigenvalue weighted by atomic mass is 10.1. The molecule has 1 aromatic rings. The Morgan fingerprint density at radius 3 is 2.68 bits per heavy atom. The van der Waals surface area contributed by atoms with Crippen LogP contribution in [0.3, 0.4) is 0 Å². The Bertz CT molecular complexity index is 438. The number of rotatable bonds is 4. The van der Waals surface area contributed by atoms with Gasteiger partial charge in [-0.1, -0.05) is 30.3 Å². The topological polar surface area (TPSA) is 69.6 Å². The average molecular weight is 265 g/mol. The van der Waals surface area contributed by atoms with Crippen LogP contribution in [0.2, 0.25) is 0 Å². The lowest BCUT2D eigenvalue weighted by Gasteiger charge is -2.29. The van der Waals surface area contributed by atoms with Crippen LogP contribution >= 0.6 is 0 Å². The molecular formula is C14H21N2O3+. The van der Waals surface area contributed by atoms with Crippen molar-refractivity contribution in [1.82, 2.24) is 5.32 Å². The summed E-state index contributed by atoms with van der Waals surface area (Å²) in [5.41, 5.74) is 0.964. The van der Waals surface area contributed by atoms with E-state index in [1.165, 1.54) is 6.92 Å². The first-order chi connectivity index (χ1) is 8.98. The summed E-state index contributed by atoms with van der Waals surface area (Å²) in [6.45, 7) is 2.68. The number of aliphatic hydroxyl groups excluding tert-OH is 1. The number of hydrogen-bond acceptors (Lipinski definition) is 3. The van der Waals surface area contributed by atoms with Crippen LogP contribution in [-0.4, -0.2) is 46.6 Å². The number of aliphatic hydroxyl groups is 1. The summed E-state index contributed by atoms with van der Waals surface area (Å²) in [6.07, 6.45) is 0.136. The van der Waals surface area contributed by atoms with Crippen LogP contribution in [0, 0.1) is 0 Å². The Hall–Kier alpha value is -1.43. The molecule has 5 nitrogen and oxygen atoms in total. The fraction of sp³-hybridized carbons (Fsp3) is 0.500. The second kappa shape index (κ2) is 5.69. The molecule has 0 saturated carbocycles. The molecule has 104 valence electrons. The van der Waals surface area contributed by atoms with Gasteiger partial charge >= 0.3 is 0 Å². The number of likely N-dealkylation sites (tertiary alicyclic amines) is 1. The van der Waals surface area contributed by atoms with Gasteiger partial charge in [-0.25, -0.2) is 5.21 Å². The first-order valence-electron chi connectivity index (χ1n) is 6.57. The van der Waals surface area contributed by atoms with Crippen LogP contribution in [-0.2, 0) is 4.79 Å². The number of carbonyl (C=O) groups is 1. The number of carbonyl (C=O) groups excluding carboxylic acids is 1. The maximum atomic E-state index is 11.3. The number of amides is 1. The SMILES string of the molecule is CC(=O)N[C@H](C[N+]1(O)CC[C@H](O)C1)c1ccccc1. The van der Waals surface area contributed by atoms with Crippen LogP contribution in [0.15, 0.2) is 30.3 Å². The van der Waals surface area contributed by atoms with Crippen molar-refractivity contribution >= 4 is 5.91 Å². The van der Waals surface area contributed by atoms with Gasteiger partial charge in [-0.3, -0.25) is 4.79 Å². The molecule has 1 fully saturated rings. The molecule has 1 saturated heterocycles. The molecule has 1 aliphatic rings. The molecule has 0 radical (unpaired) electrons. The molecule has 1 heterocycles. The largest absolute Gasteiger partial charge is 0.387 e. The Morgan fingerprint density at radius 2 is 2.16 bits per heavy atom. The Kier molecular flexibility index (Phi) is 4.19. The monoisotopic (exact) mass is 265 g/mol. The van der Waals surface area contributed by atoms with Crippen molar-refractivity contribution in [2.45, 2.75) is 25.5 Å². The summed E-state index contributed by atoms with van der Waals surface area (Å²) in [5.74, 6) is -0.125. The zero-order chi connectivity index (χ0) is 13.9. The second-order valence-corrected chi connectivity index (χ2v) is 5.29. The fourth-order valence-corrected chi connectivity index (χ4v) is 2.63. The number of nitrogens with one attached hydrogen (secondary N) is 1. The van der Waals surface area contributed by atoms with Crippen molar-refractivity contribution in [2.24, 2.45) is 0 Å². The number of quaternary nitrogens is 1. The van der Waals surface area contributed by atoms with Crippen molar-refractivity contribution in [2.75, 3.05) is 19.6 Å². The molecule has 19 heavy (non-hydrogen) atoms. The van der Waals surface area contributed by atoms with Crippen LogP contribution in [0.4, 0.5) is 0 Å². The minimum Gasteiger partial charge on any atom is -0.387 e. The summed E-state index contributed by atoms with van der Waals surface area (Å²) in [4.78, 5) is 11.3. The molecule has 2 rings (SSSR count). The van der Waals surface area contributed by atoms with Crippen LogP contribution in [0.5, 0.6) is 0 Å². The lowest BCUT2D eigenvalue weighted by molar-refractivity contribution is -1.09. The molecule has 0 bridgehead atoms. The standard InChI is InChI=1S/C14H20N2O3/c1-11(17)15-14(12-5-3-2-4-6-12)10-16(19)8-7-13(18)9-16/h2-6,13-14,18-19H,7-10H2,1H3/p+1/t13-,14+,16?/m0/s1. The third kappa shape index (κ3) is 3.76. The molecule has 3 N–H and O–H groups in total. The molecular weight excluding hydrogens is 244 g/mol. The highest BCUT2D eigenvalue weighted by Crippen LogP contribution is 2.23. The Balaban J connectivity index is 2.13. The van der Waals surface area contributed by atoms with E-state index in [1.54, 1.807) is 0 Å². The minimum absolute atomic E-state index is 0.125. The van der Waals surface area contributed by atoms with Gasteiger partial charge in [-0.2, -0.15) is 4.65 Å². The highest BCUT2D eigenvalue weighted by Gasteiger charge is 2.39. The van der Waals surface area contributed by atoms with Gasteiger partial charge in [0, 0.05) is 13.3 Å². The molecule has 1 aliphatic heterocycles. The van der Waals surface area contributed by atoms with Crippen molar-refractivity contribution in [3.63, 3.8) is 0 Å². The number of nitrogens with zero attached hydrogens (tertiary/aromatic N) is 1. The molecule has 5 heteroatoms. The number of benzene rings is 1. The van der Waals surface area contributed by atoms with Gasteiger partial charge in [-0.15, -0.1) is 0 Å². The van der Waals surface area contributed by atoms with E-state index in [2.05, 4.69) is 5.32 Å². The van der Waals surface area contributed by atoms with Crippen LogP contribution < -0.4 is 5.32 Å². The zero-order valence-electron chi connectivity index (χ0n) is 11.1. The predicted octanol–water partition coefficient (Wildman–Crippen LogP) is 0.834. The first kappa shape index (κ1) is 14.0. The van der Waals surface area contributed by atoms with Gasteiger partial charge in [0.2, 0.25) is 5.91 Å². The summed E-state index contributed by atoms with van der Waals surface area (Å²) < 4.78 is -0.193. The van der Waals surface area contributed by atoms with E-state index in [-0.39, 0.29) is 16.6 Å². The van der Waals surface area contributed by atoms with E-state index in [1.807, 2.05) is 30.3 Å². The third-order valence-corrected chi connectivity index (χ3v) is 3.53. The van der Waals surface area contributed by atoms with Gasteiger partial charge in [0.1, 0.15) is 31.8 Å². The van der Waals surface area contributed by atoms with Crippen molar-refractivity contribution in [1.29, 1.82) is 0 Å². The molecule has 0 aromatic heterocycles. The molecule has 0 spiro atoms. The average Bonchev–Trinajstić information content (AvgIpc) is 2.69. The van der Waals surface area contributed by atoms with Crippen molar-refractivity contribution < 1.29 is 19.8 Å². The fourth-order valence-electron chi connectivity index (χ4n) is 2.63. The quantitative estimate of drug-likeness (QED) is 0.706. The highest BCUT2D eigenvalue weighted by atomic mass is 16.5. The van der Waals surface area contributed by atoms with Gasteiger partial charge in [0.05, 0.1) is 0 Å². The molecule has 1 amide bonds. The van der Waals surface area contributed by atoms with Gasteiger partial charge < -0.3 is 10.4 Å². The van der Waals surface area contributed by atoms with E-state index < -0.39 is 6.10 Å². The second-order valence-electron chi connectivity index (χ2n) is 5.29. The molecule has 1 aromatic carbocycles. The summed E-state index contributed by atoms with van der Waals surface area (Å²) in [6, 6.07) is 9.35. The van der Waals surface area contributed by atoms with E-state index in [4.69, 9.17) is 0 Å². The number of hydroxylamine groups is 3. The first-order valence-corrected chi connectivity index (χ1v) is 6.57. The predicted molar refractivity (Wildman–Crippen MR) is 70.3 cm³/mol. The number of hydrogen-bond donors (Lipinski definition) is 3. The summed E-state index contributed by atoms with van der Waals surface area (Å²) >= 11 is 0. The highest BCUT2D eigenvalue weighted by molar-refractivity contribution is 5.73. The lowest BCUT2D eigenvalue weighted by Crippen LogP contribution is -2.49. The Labute approximate surface area is 113 Å². The maximum absolute atomic E-state index is 11.3. The van der Waals surface area contributed by atoms with E-state index in [9.17, 15) is 15.1 Å². The van der Waals surface area contributed by atoms with Crippen LogP contribution in [0.25, 0.3) is 0 Å². The van der Waals surface area contributed by atoms with Crippen molar-refractivity contribution in [3.8, 4) is 0 Å². The minimum atomic E-state index is -0.459. The van der Waals surface area contributed by atoms with E-state index >= 15 is 0 Å². The van der Waals surface area contributed by atoms with Crippen molar-refractivity contribution in [3.05, 3.63) is 35.9 Å². The smallest absolute Gasteiger partial charge is 0.217 e. The maximum Gasteiger partial charge on any atom is 0.217 e.